The minimum atomic E-state index is -0.325. The van der Waals surface area contributed by atoms with E-state index in [1.165, 1.54) is 4.90 Å². The summed E-state index contributed by atoms with van der Waals surface area (Å²) in [5.74, 6) is 1.03. The number of pyridine rings is 1. The highest BCUT2D eigenvalue weighted by molar-refractivity contribution is 7.99. The highest BCUT2D eigenvalue weighted by atomic mass is 32.2. The summed E-state index contributed by atoms with van der Waals surface area (Å²) in [4.78, 5) is 29.8. The Hall–Kier alpha value is -3.40. The first-order chi connectivity index (χ1) is 14.4. The van der Waals surface area contributed by atoms with E-state index in [-0.39, 0.29) is 29.3 Å². The van der Waals surface area contributed by atoms with Gasteiger partial charge in [0.25, 0.3) is 5.22 Å². The number of hydrogen-bond acceptors (Lipinski definition) is 8. The molecule has 0 aliphatic heterocycles. The van der Waals surface area contributed by atoms with Crippen molar-refractivity contribution in [1.29, 1.82) is 0 Å². The lowest BCUT2D eigenvalue weighted by atomic mass is 10.2. The van der Waals surface area contributed by atoms with E-state index < -0.39 is 0 Å². The average Bonchev–Trinajstić information content (AvgIpc) is 3.21. The fourth-order valence-electron chi connectivity index (χ4n) is 2.44. The van der Waals surface area contributed by atoms with Gasteiger partial charge in [0.2, 0.25) is 17.7 Å². The van der Waals surface area contributed by atoms with E-state index in [2.05, 4.69) is 20.5 Å². The predicted molar refractivity (Wildman–Crippen MR) is 112 cm³/mol. The number of rotatable bonds is 8. The molecule has 3 rings (SSSR count). The summed E-state index contributed by atoms with van der Waals surface area (Å²) < 4.78 is 10.7. The molecule has 0 aliphatic rings. The van der Waals surface area contributed by atoms with Gasteiger partial charge in [0, 0.05) is 18.8 Å². The first kappa shape index (κ1) is 21.3. The Bertz CT molecular complexity index is 1020. The Balaban J connectivity index is 1.48. The molecule has 1 N–H and O–H groups in total. The van der Waals surface area contributed by atoms with Crippen LogP contribution in [0.3, 0.4) is 0 Å². The number of anilines is 1. The van der Waals surface area contributed by atoms with Gasteiger partial charge < -0.3 is 19.4 Å². The number of likely N-dealkylation sites (N-methyl/N-ethyl adjacent to an activating group) is 1. The quantitative estimate of drug-likeness (QED) is 0.546. The molecule has 156 valence electrons. The number of amides is 2. The van der Waals surface area contributed by atoms with Crippen LogP contribution >= 0.6 is 11.8 Å². The number of ether oxygens (including phenoxy) is 1. The third kappa shape index (κ3) is 5.80. The number of methoxy groups -OCH3 is 1. The molecule has 3 aromatic rings. The van der Waals surface area contributed by atoms with Crippen molar-refractivity contribution < 1.29 is 18.7 Å². The third-order valence-corrected chi connectivity index (χ3v) is 4.86. The first-order valence-corrected chi connectivity index (χ1v) is 10.0. The maximum Gasteiger partial charge on any atom is 0.277 e. The molecule has 2 heterocycles. The van der Waals surface area contributed by atoms with Gasteiger partial charge in [-0.15, -0.1) is 10.2 Å². The Labute approximate surface area is 177 Å². The molecule has 0 aliphatic carbocycles. The van der Waals surface area contributed by atoms with Crippen LogP contribution in [0, 0.1) is 6.92 Å². The van der Waals surface area contributed by atoms with E-state index in [1.807, 2.05) is 13.0 Å². The van der Waals surface area contributed by atoms with E-state index in [0.717, 1.165) is 28.6 Å². The highest BCUT2D eigenvalue weighted by Crippen LogP contribution is 2.24. The van der Waals surface area contributed by atoms with E-state index >= 15 is 0 Å². The summed E-state index contributed by atoms with van der Waals surface area (Å²) in [6, 6.07) is 10.8. The zero-order chi connectivity index (χ0) is 21.5. The number of carbonyl (C=O) groups excluding carboxylic acids is 2. The smallest absolute Gasteiger partial charge is 0.277 e. The van der Waals surface area contributed by atoms with Crippen molar-refractivity contribution in [2.24, 2.45) is 0 Å². The third-order valence-electron chi connectivity index (χ3n) is 4.05. The Morgan fingerprint density at radius 1 is 1.20 bits per heavy atom. The number of nitrogens with one attached hydrogen (secondary N) is 1. The Morgan fingerprint density at radius 2 is 1.97 bits per heavy atom. The molecule has 9 nitrogen and oxygen atoms in total. The average molecular weight is 427 g/mol. The van der Waals surface area contributed by atoms with Gasteiger partial charge in [0.15, 0.2) is 0 Å². The fourth-order valence-corrected chi connectivity index (χ4v) is 3.15. The molecule has 10 heteroatoms. The van der Waals surface area contributed by atoms with Crippen molar-refractivity contribution in [2.75, 3.05) is 31.8 Å². The van der Waals surface area contributed by atoms with Crippen molar-refractivity contribution in [3.8, 4) is 17.2 Å². The van der Waals surface area contributed by atoms with Gasteiger partial charge in [-0.05, 0) is 48.9 Å². The molecule has 30 heavy (non-hydrogen) atoms. The van der Waals surface area contributed by atoms with Crippen LogP contribution in [0.4, 0.5) is 5.82 Å². The second-order valence-corrected chi connectivity index (χ2v) is 7.33. The molecular weight excluding hydrogens is 406 g/mol. The molecule has 0 spiro atoms. The number of thioether (sulfide) groups is 1. The summed E-state index contributed by atoms with van der Waals surface area (Å²) in [7, 11) is 3.15. The second kappa shape index (κ2) is 9.88. The van der Waals surface area contributed by atoms with Crippen molar-refractivity contribution in [3.63, 3.8) is 0 Å². The van der Waals surface area contributed by atoms with Crippen LogP contribution in [-0.4, -0.2) is 58.4 Å². The highest BCUT2D eigenvalue weighted by Gasteiger charge is 2.16. The molecule has 0 fully saturated rings. The van der Waals surface area contributed by atoms with Crippen LogP contribution in [0.25, 0.3) is 11.5 Å². The van der Waals surface area contributed by atoms with Gasteiger partial charge in [0.05, 0.1) is 19.4 Å². The van der Waals surface area contributed by atoms with Gasteiger partial charge in [-0.1, -0.05) is 11.8 Å². The molecule has 0 atom stereocenters. The van der Waals surface area contributed by atoms with Crippen molar-refractivity contribution in [3.05, 3.63) is 48.2 Å². The Morgan fingerprint density at radius 3 is 2.67 bits per heavy atom. The van der Waals surface area contributed by atoms with Crippen molar-refractivity contribution >= 4 is 29.4 Å². The lowest BCUT2D eigenvalue weighted by Crippen LogP contribution is -2.36. The zero-order valence-corrected chi connectivity index (χ0v) is 17.6. The molecule has 0 saturated carbocycles. The number of aromatic nitrogens is 3. The minimum Gasteiger partial charge on any atom is -0.497 e. The predicted octanol–water partition coefficient (Wildman–Crippen LogP) is 2.64. The molecule has 2 amide bonds. The SMILES string of the molecule is COc1ccc(-c2nnc(SCC(=O)N(C)CC(=O)Nc3cc(C)ccn3)o2)cc1. The molecule has 0 unspecified atom stereocenters. The topological polar surface area (TPSA) is 110 Å². The fraction of sp³-hybridized carbons (Fsp3) is 0.250. The molecule has 1 aromatic carbocycles. The summed E-state index contributed by atoms with van der Waals surface area (Å²) in [5.41, 5.74) is 1.73. The summed E-state index contributed by atoms with van der Waals surface area (Å²) in [6.07, 6.45) is 1.61. The maximum atomic E-state index is 12.3. The number of nitrogens with zero attached hydrogens (tertiary/aromatic N) is 4. The van der Waals surface area contributed by atoms with E-state index in [9.17, 15) is 9.59 Å². The number of aryl methyl sites for hydroxylation is 1. The lowest BCUT2D eigenvalue weighted by molar-refractivity contribution is -0.131. The van der Waals surface area contributed by atoms with Gasteiger partial charge in [-0.2, -0.15) is 0 Å². The van der Waals surface area contributed by atoms with Crippen LogP contribution in [0.1, 0.15) is 5.56 Å². The monoisotopic (exact) mass is 427 g/mol. The van der Waals surface area contributed by atoms with Crippen LogP contribution in [0.5, 0.6) is 5.75 Å². The number of carbonyl (C=O) groups is 2. The molecular formula is C20H21N5O4S. The van der Waals surface area contributed by atoms with Gasteiger partial charge in [-0.3, -0.25) is 9.59 Å². The molecule has 0 saturated heterocycles. The zero-order valence-electron chi connectivity index (χ0n) is 16.8. The number of hydrogen-bond donors (Lipinski definition) is 1. The standard InChI is InChI=1S/C20H21N5O4S/c1-13-8-9-21-16(10-13)22-17(26)11-25(2)18(27)12-30-20-24-23-19(29-20)14-4-6-15(28-3)7-5-14/h4-10H,11-12H2,1-3H3,(H,21,22,26). The van der Waals surface area contributed by atoms with Crippen molar-refractivity contribution in [1.82, 2.24) is 20.1 Å². The first-order valence-electron chi connectivity index (χ1n) is 9.02. The van der Waals surface area contributed by atoms with Gasteiger partial charge in [-0.25, -0.2) is 4.98 Å². The summed E-state index contributed by atoms with van der Waals surface area (Å²) >= 11 is 1.11. The van der Waals surface area contributed by atoms with E-state index in [1.54, 1.807) is 50.7 Å². The summed E-state index contributed by atoms with van der Waals surface area (Å²) in [6.45, 7) is 1.82. The van der Waals surface area contributed by atoms with Crippen LogP contribution < -0.4 is 10.1 Å². The van der Waals surface area contributed by atoms with Crippen LogP contribution in [0.15, 0.2) is 52.2 Å². The maximum absolute atomic E-state index is 12.3. The molecule has 0 bridgehead atoms. The molecule has 0 radical (unpaired) electrons. The van der Waals surface area contributed by atoms with Crippen LogP contribution in [-0.2, 0) is 9.59 Å². The van der Waals surface area contributed by atoms with Gasteiger partial charge >= 0.3 is 0 Å². The second-order valence-electron chi connectivity index (χ2n) is 6.41. The van der Waals surface area contributed by atoms with E-state index in [0.29, 0.717) is 11.7 Å². The normalized spacial score (nSPS) is 10.5. The lowest BCUT2D eigenvalue weighted by Gasteiger charge is -2.16. The summed E-state index contributed by atoms with van der Waals surface area (Å²) in [5, 5.41) is 10.9. The Kier molecular flexibility index (Phi) is 7.02. The van der Waals surface area contributed by atoms with Crippen LogP contribution in [0.2, 0.25) is 0 Å². The number of benzene rings is 1. The molecule has 2 aromatic heterocycles. The minimum absolute atomic E-state index is 0.0662. The largest absolute Gasteiger partial charge is 0.497 e. The van der Waals surface area contributed by atoms with Gasteiger partial charge in [0.1, 0.15) is 11.6 Å². The van der Waals surface area contributed by atoms with Crippen molar-refractivity contribution in [2.45, 2.75) is 12.1 Å². The van der Waals surface area contributed by atoms with E-state index in [4.69, 9.17) is 9.15 Å².